The molecule has 148 valence electrons. The number of nitrogens with one attached hydrogen (secondary N) is 1. The molecule has 0 aromatic heterocycles. The molecule has 28 heavy (non-hydrogen) atoms. The molecule has 1 saturated heterocycles. The van der Waals surface area contributed by atoms with E-state index in [9.17, 15) is 9.59 Å². The Hall–Kier alpha value is -2.67. The molecule has 2 aromatic rings. The monoisotopic (exact) mass is 400 g/mol. The maximum atomic E-state index is 13.0. The van der Waals surface area contributed by atoms with Gasteiger partial charge in [0, 0.05) is 17.0 Å². The van der Waals surface area contributed by atoms with Gasteiger partial charge in [0.15, 0.2) is 0 Å². The van der Waals surface area contributed by atoms with Gasteiger partial charge in [-0.2, -0.15) is 0 Å². The van der Waals surface area contributed by atoms with Gasteiger partial charge in [0.25, 0.3) is 5.91 Å². The summed E-state index contributed by atoms with van der Waals surface area (Å²) in [7, 11) is 1.59. The van der Waals surface area contributed by atoms with E-state index in [0.717, 1.165) is 12.2 Å². The first kappa shape index (κ1) is 20.1. The van der Waals surface area contributed by atoms with Crippen LogP contribution in [0.15, 0.2) is 48.5 Å². The molecule has 1 N–H and O–H groups in total. The average molecular weight is 401 g/mol. The van der Waals surface area contributed by atoms with Gasteiger partial charge in [-0.25, -0.2) is 0 Å². The Kier molecular flexibility index (Phi) is 6.81. The van der Waals surface area contributed by atoms with Crippen LogP contribution in [0.3, 0.4) is 0 Å². The summed E-state index contributed by atoms with van der Waals surface area (Å²) in [6, 6.07) is 13.7. The third-order valence-corrected chi connectivity index (χ3v) is 5.37. The van der Waals surface area contributed by atoms with Crippen molar-refractivity contribution in [3.63, 3.8) is 0 Å². The van der Waals surface area contributed by atoms with E-state index in [-0.39, 0.29) is 11.8 Å². The van der Waals surface area contributed by atoms with E-state index in [1.54, 1.807) is 66.2 Å². The lowest BCUT2D eigenvalue weighted by Crippen LogP contribution is -2.44. The Bertz CT molecular complexity index is 825. The summed E-state index contributed by atoms with van der Waals surface area (Å²) in [6.07, 6.45) is 0.897. The molecule has 1 aliphatic rings. The van der Waals surface area contributed by atoms with Crippen LogP contribution in [0.25, 0.3) is 0 Å². The number of amides is 2. The van der Waals surface area contributed by atoms with Gasteiger partial charge in [-0.15, -0.1) is 11.8 Å². The van der Waals surface area contributed by atoms with Gasteiger partial charge in [0.1, 0.15) is 17.5 Å². The van der Waals surface area contributed by atoms with Gasteiger partial charge in [-0.05, 0) is 48.9 Å². The second-order valence-electron chi connectivity index (χ2n) is 6.38. The fourth-order valence-corrected chi connectivity index (χ4v) is 4.02. The van der Waals surface area contributed by atoms with Gasteiger partial charge in [0.05, 0.1) is 19.6 Å². The third-order valence-electron chi connectivity index (χ3n) is 4.36. The van der Waals surface area contributed by atoms with Crippen LogP contribution in [0.1, 0.15) is 23.7 Å². The van der Waals surface area contributed by atoms with Crippen molar-refractivity contribution in [2.75, 3.05) is 30.7 Å². The molecule has 2 aromatic carbocycles. The number of nitrogens with zero attached hydrogens (tertiary/aromatic N) is 1. The fraction of sp³-hybridized carbons (Fsp3) is 0.333. The van der Waals surface area contributed by atoms with Crippen LogP contribution >= 0.6 is 11.8 Å². The minimum atomic E-state index is -0.514. The summed E-state index contributed by atoms with van der Waals surface area (Å²) in [6.45, 7) is 2.63. The number of carbonyl (C=O) groups excluding carboxylic acids is 2. The van der Waals surface area contributed by atoms with Crippen molar-refractivity contribution < 1.29 is 19.1 Å². The largest absolute Gasteiger partial charge is 0.497 e. The zero-order chi connectivity index (χ0) is 19.9. The fourth-order valence-electron chi connectivity index (χ4n) is 2.86. The topological polar surface area (TPSA) is 67.9 Å². The SMILES string of the molecule is CCCOc1cccc(C(=O)N2CSCC2C(=O)Nc2ccc(OC)cc2)c1. The number of rotatable bonds is 7. The number of anilines is 1. The predicted octanol–water partition coefficient (Wildman–Crippen LogP) is 3.64. The second kappa shape index (κ2) is 9.50. The minimum Gasteiger partial charge on any atom is -0.497 e. The van der Waals surface area contributed by atoms with E-state index >= 15 is 0 Å². The maximum absolute atomic E-state index is 13.0. The van der Waals surface area contributed by atoms with Crippen LogP contribution in [-0.4, -0.2) is 48.1 Å². The van der Waals surface area contributed by atoms with E-state index in [2.05, 4.69) is 5.32 Å². The molecule has 0 aliphatic carbocycles. The van der Waals surface area contributed by atoms with Crippen LogP contribution in [0.5, 0.6) is 11.5 Å². The highest BCUT2D eigenvalue weighted by Gasteiger charge is 2.35. The smallest absolute Gasteiger partial charge is 0.255 e. The van der Waals surface area contributed by atoms with Gasteiger partial charge < -0.3 is 19.7 Å². The van der Waals surface area contributed by atoms with Gasteiger partial charge in [-0.1, -0.05) is 13.0 Å². The van der Waals surface area contributed by atoms with Crippen LogP contribution in [0, 0.1) is 0 Å². The molecule has 3 rings (SSSR count). The lowest BCUT2D eigenvalue weighted by molar-refractivity contribution is -0.119. The first-order valence-electron chi connectivity index (χ1n) is 9.19. The summed E-state index contributed by atoms with van der Waals surface area (Å²) in [4.78, 5) is 27.3. The molecule has 2 amide bonds. The zero-order valence-corrected chi connectivity index (χ0v) is 16.8. The quantitative estimate of drug-likeness (QED) is 0.769. The van der Waals surface area contributed by atoms with Crippen LogP contribution < -0.4 is 14.8 Å². The molecule has 1 aliphatic heterocycles. The Morgan fingerprint density at radius 1 is 1.18 bits per heavy atom. The molecule has 7 heteroatoms. The number of benzene rings is 2. The van der Waals surface area contributed by atoms with E-state index in [4.69, 9.17) is 9.47 Å². The molecule has 1 atom stereocenters. The average Bonchev–Trinajstić information content (AvgIpc) is 3.22. The predicted molar refractivity (Wildman–Crippen MR) is 111 cm³/mol. The normalized spacial score (nSPS) is 15.9. The highest BCUT2D eigenvalue weighted by Crippen LogP contribution is 2.26. The first-order chi connectivity index (χ1) is 13.6. The van der Waals surface area contributed by atoms with Crippen molar-refractivity contribution in [3.8, 4) is 11.5 Å². The Morgan fingerprint density at radius 2 is 1.96 bits per heavy atom. The van der Waals surface area contributed by atoms with Gasteiger partial charge in [0.2, 0.25) is 5.91 Å². The number of hydrogen-bond acceptors (Lipinski definition) is 5. The summed E-state index contributed by atoms with van der Waals surface area (Å²) in [5.74, 6) is 2.08. The Morgan fingerprint density at radius 3 is 2.68 bits per heavy atom. The van der Waals surface area contributed by atoms with Crippen LogP contribution in [-0.2, 0) is 4.79 Å². The number of carbonyl (C=O) groups is 2. The van der Waals surface area contributed by atoms with E-state index in [1.165, 1.54) is 0 Å². The number of methoxy groups -OCH3 is 1. The summed E-state index contributed by atoms with van der Waals surface area (Å²) >= 11 is 1.57. The lowest BCUT2D eigenvalue weighted by Gasteiger charge is -2.23. The summed E-state index contributed by atoms with van der Waals surface area (Å²) < 4.78 is 10.7. The van der Waals surface area contributed by atoms with Crippen LogP contribution in [0.4, 0.5) is 5.69 Å². The molecule has 0 bridgehead atoms. The van der Waals surface area contributed by atoms with Crippen molar-refractivity contribution in [1.29, 1.82) is 0 Å². The van der Waals surface area contributed by atoms with Gasteiger partial charge >= 0.3 is 0 Å². The van der Waals surface area contributed by atoms with E-state index < -0.39 is 6.04 Å². The molecule has 0 radical (unpaired) electrons. The molecule has 6 nitrogen and oxygen atoms in total. The number of ether oxygens (including phenoxy) is 2. The van der Waals surface area contributed by atoms with E-state index in [1.807, 2.05) is 13.0 Å². The van der Waals surface area contributed by atoms with Crippen molar-refractivity contribution >= 4 is 29.3 Å². The molecular formula is C21H24N2O4S. The third kappa shape index (κ3) is 4.78. The van der Waals surface area contributed by atoms with Crippen LogP contribution in [0.2, 0.25) is 0 Å². The highest BCUT2D eigenvalue weighted by atomic mass is 32.2. The van der Waals surface area contributed by atoms with Crippen molar-refractivity contribution in [2.24, 2.45) is 0 Å². The summed E-state index contributed by atoms with van der Waals surface area (Å²) in [5.41, 5.74) is 1.20. The van der Waals surface area contributed by atoms with Gasteiger partial charge in [-0.3, -0.25) is 9.59 Å². The number of hydrogen-bond donors (Lipinski definition) is 1. The second-order valence-corrected chi connectivity index (χ2v) is 7.38. The molecule has 1 fully saturated rings. The molecule has 0 spiro atoms. The molecule has 1 heterocycles. The standard InChI is InChI=1S/C21H24N2O4S/c1-3-11-27-18-6-4-5-15(12-18)21(25)23-14-28-13-19(23)20(24)22-16-7-9-17(26-2)10-8-16/h4-10,12,19H,3,11,13-14H2,1-2H3,(H,22,24). The lowest BCUT2D eigenvalue weighted by atomic mass is 10.1. The first-order valence-corrected chi connectivity index (χ1v) is 10.3. The Balaban J connectivity index is 1.69. The van der Waals surface area contributed by atoms with E-state index in [0.29, 0.717) is 35.2 Å². The van der Waals surface area contributed by atoms with Crippen molar-refractivity contribution in [2.45, 2.75) is 19.4 Å². The number of thioether (sulfide) groups is 1. The summed E-state index contributed by atoms with van der Waals surface area (Å²) in [5, 5.41) is 2.88. The molecular weight excluding hydrogens is 376 g/mol. The van der Waals surface area contributed by atoms with Crippen molar-refractivity contribution in [3.05, 3.63) is 54.1 Å². The maximum Gasteiger partial charge on any atom is 0.255 e. The highest BCUT2D eigenvalue weighted by molar-refractivity contribution is 7.99. The molecule has 0 saturated carbocycles. The zero-order valence-electron chi connectivity index (χ0n) is 16.0. The van der Waals surface area contributed by atoms with Crippen molar-refractivity contribution in [1.82, 2.24) is 4.90 Å². The molecule has 1 unspecified atom stereocenters. The Labute approximate surface area is 169 Å². The minimum absolute atomic E-state index is 0.165.